The van der Waals surface area contributed by atoms with E-state index in [1.165, 1.54) is 0 Å². The van der Waals surface area contributed by atoms with Crippen LogP contribution >= 0.6 is 0 Å². The van der Waals surface area contributed by atoms with Gasteiger partial charge in [-0.2, -0.15) is 0 Å². The van der Waals surface area contributed by atoms with Gasteiger partial charge in [-0.3, -0.25) is 19.2 Å². The second-order valence-corrected chi connectivity index (χ2v) is 10.1. The maximum Gasteiger partial charge on any atom is 0.408 e. The van der Waals surface area contributed by atoms with Crippen LogP contribution in [-0.2, 0) is 42.9 Å². The minimum Gasteiger partial charge on any atom is -0.458 e. The standard InChI is InChI=1S/C26H33NO12/c1-12(28)35-21-19(16-8-9-17-18(10-16)34-11-33-17)20(27-25(32)39-26(5,6)7)22(36-13(2)29)24(38-15(4)31)23(21)37-14(3)30/h8-10,19-24H,11H2,1-7H3,(H,27,32)/t19-,20-,21-,22+,23+,24+/m1/s1. The molecule has 6 atom stereocenters. The predicted molar refractivity (Wildman–Crippen MR) is 131 cm³/mol. The Hall–Kier alpha value is -4.03. The Bertz CT molecular complexity index is 1130. The molecule has 13 nitrogen and oxygen atoms in total. The van der Waals surface area contributed by atoms with Crippen molar-refractivity contribution < 1.29 is 57.1 Å². The summed E-state index contributed by atoms with van der Waals surface area (Å²) in [5.74, 6) is -3.28. The van der Waals surface area contributed by atoms with Gasteiger partial charge in [-0.25, -0.2) is 4.79 Å². The van der Waals surface area contributed by atoms with E-state index in [9.17, 15) is 24.0 Å². The number of fused-ring (bicyclic) bond motifs is 1. The molecule has 1 aromatic carbocycles. The van der Waals surface area contributed by atoms with Gasteiger partial charge in [0.05, 0.1) is 6.04 Å². The summed E-state index contributed by atoms with van der Waals surface area (Å²) in [7, 11) is 0. The van der Waals surface area contributed by atoms with Crippen molar-refractivity contribution in [2.75, 3.05) is 6.79 Å². The maximum absolute atomic E-state index is 13.0. The Morgan fingerprint density at radius 1 is 0.744 bits per heavy atom. The first-order chi connectivity index (χ1) is 18.2. The lowest BCUT2D eigenvalue weighted by Crippen LogP contribution is -2.68. The minimum atomic E-state index is -1.47. The Labute approximate surface area is 225 Å². The number of ether oxygens (including phenoxy) is 7. The highest BCUT2D eigenvalue weighted by Crippen LogP contribution is 2.43. The van der Waals surface area contributed by atoms with Gasteiger partial charge in [-0.1, -0.05) is 6.07 Å². The van der Waals surface area contributed by atoms with Crippen LogP contribution in [0.25, 0.3) is 0 Å². The number of nitrogens with one attached hydrogen (secondary N) is 1. The molecule has 1 fully saturated rings. The number of amides is 1. The molecule has 0 saturated heterocycles. The van der Waals surface area contributed by atoms with Crippen LogP contribution in [-0.4, -0.2) is 72.8 Å². The number of rotatable bonds is 6. The molecular formula is C26H33NO12. The van der Waals surface area contributed by atoms with Crippen LogP contribution in [0.2, 0.25) is 0 Å². The van der Waals surface area contributed by atoms with E-state index in [1.54, 1.807) is 39.0 Å². The van der Waals surface area contributed by atoms with E-state index in [0.717, 1.165) is 27.7 Å². The fraction of sp³-hybridized carbons (Fsp3) is 0.577. The van der Waals surface area contributed by atoms with E-state index >= 15 is 0 Å². The molecule has 0 radical (unpaired) electrons. The molecule has 1 aromatic rings. The second kappa shape index (κ2) is 11.8. The Morgan fingerprint density at radius 2 is 1.23 bits per heavy atom. The summed E-state index contributed by atoms with van der Waals surface area (Å²) in [4.78, 5) is 61.9. The van der Waals surface area contributed by atoms with Crippen molar-refractivity contribution in [3.8, 4) is 11.5 Å². The SMILES string of the molecule is CC(=O)O[C@@H]1[C@@H](OC(C)=O)[C@H](OC(C)=O)[C@H](c2ccc3c(c2)OCO3)[C@@H](NC(=O)OC(C)(C)C)[C@@H]1OC(C)=O. The molecule has 2 aliphatic rings. The average molecular weight is 552 g/mol. The van der Waals surface area contributed by atoms with E-state index in [1.807, 2.05) is 0 Å². The highest BCUT2D eigenvalue weighted by atomic mass is 16.7. The first-order valence-corrected chi connectivity index (χ1v) is 12.2. The van der Waals surface area contributed by atoms with Crippen LogP contribution < -0.4 is 14.8 Å². The lowest BCUT2D eigenvalue weighted by molar-refractivity contribution is -0.217. The Morgan fingerprint density at radius 3 is 1.77 bits per heavy atom. The van der Waals surface area contributed by atoms with E-state index in [4.69, 9.17) is 33.2 Å². The van der Waals surface area contributed by atoms with Gasteiger partial charge in [0.2, 0.25) is 6.79 Å². The van der Waals surface area contributed by atoms with Crippen molar-refractivity contribution in [2.45, 2.75) is 90.4 Å². The quantitative estimate of drug-likeness (QED) is 0.405. The van der Waals surface area contributed by atoms with Gasteiger partial charge in [0.1, 0.15) is 5.60 Å². The molecule has 1 aliphatic carbocycles. The molecule has 0 aromatic heterocycles. The van der Waals surface area contributed by atoms with Gasteiger partial charge >= 0.3 is 30.0 Å². The summed E-state index contributed by atoms with van der Waals surface area (Å²) in [5, 5.41) is 2.69. The molecule has 1 aliphatic heterocycles. The molecule has 0 unspecified atom stereocenters. The zero-order valence-electron chi connectivity index (χ0n) is 22.8. The summed E-state index contributed by atoms with van der Waals surface area (Å²) in [6.07, 6.45) is -6.49. The highest BCUT2D eigenvalue weighted by molar-refractivity contribution is 5.71. The van der Waals surface area contributed by atoms with Crippen LogP contribution in [0.3, 0.4) is 0 Å². The smallest absolute Gasteiger partial charge is 0.408 e. The third-order valence-corrected chi connectivity index (χ3v) is 5.74. The van der Waals surface area contributed by atoms with E-state index < -0.39 is 71.9 Å². The summed E-state index contributed by atoms with van der Waals surface area (Å²) >= 11 is 0. The molecule has 0 bridgehead atoms. The van der Waals surface area contributed by atoms with Gasteiger partial charge in [0.25, 0.3) is 0 Å². The largest absolute Gasteiger partial charge is 0.458 e. The minimum absolute atomic E-state index is 0.0168. The molecule has 214 valence electrons. The molecule has 1 heterocycles. The number of benzene rings is 1. The number of alkyl carbamates (subject to hydrolysis) is 1. The Kier molecular flexibility index (Phi) is 8.92. The van der Waals surface area contributed by atoms with Gasteiger partial charge in [-0.05, 0) is 38.5 Å². The predicted octanol–water partition coefficient (Wildman–Crippen LogP) is 2.13. The van der Waals surface area contributed by atoms with Crippen molar-refractivity contribution in [3.05, 3.63) is 23.8 Å². The molecule has 1 saturated carbocycles. The van der Waals surface area contributed by atoms with Crippen LogP contribution in [0.5, 0.6) is 11.5 Å². The topological polar surface area (TPSA) is 162 Å². The summed E-state index contributed by atoms with van der Waals surface area (Å²) in [5.41, 5.74) is -0.448. The zero-order chi connectivity index (χ0) is 29.1. The van der Waals surface area contributed by atoms with Gasteiger partial charge in [0, 0.05) is 33.6 Å². The first-order valence-electron chi connectivity index (χ1n) is 12.2. The van der Waals surface area contributed by atoms with Crippen LogP contribution in [0.4, 0.5) is 4.79 Å². The highest BCUT2D eigenvalue weighted by Gasteiger charge is 2.58. The normalized spacial score (nSPS) is 25.6. The molecule has 39 heavy (non-hydrogen) atoms. The number of esters is 4. The van der Waals surface area contributed by atoms with E-state index in [-0.39, 0.29) is 6.79 Å². The fourth-order valence-corrected chi connectivity index (χ4v) is 4.64. The summed E-state index contributed by atoms with van der Waals surface area (Å²) in [6.45, 7) is 9.47. The molecule has 1 amide bonds. The first kappa shape index (κ1) is 29.5. The van der Waals surface area contributed by atoms with Crippen LogP contribution in [0.15, 0.2) is 18.2 Å². The van der Waals surface area contributed by atoms with Gasteiger partial charge < -0.3 is 38.5 Å². The van der Waals surface area contributed by atoms with Gasteiger partial charge in [-0.15, -0.1) is 0 Å². The lowest BCUT2D eigenvalue weighted by Gasteiger charge is -2.48. The average Bonchev–Trinajstić information content (AvgIpc) is 3.24. The summed E-state index contributed by atoms with van der Waals surface area (Å²) < 4.78 is 38.6. The number of carbonyl (C=O) groups is 5. The monoisotopic (exact) mass is 551 g/mol. The van der Waals surface area contributed by atoms with Crippen LogP contribution in [0, 0.1) is 0 Å². The van der Waals surface area contributed by atoms with Crippen molar-refractivity contribution in [1.29, 1.82) is 0 Å². The molecular weight excluding hydrogens is 518 g/mol. The van der Waals surface area contributed by atoms with Crippen molar-refractivity contribution in [3.63, 3.8) is 0 Å². The maximum atomic E-state index is 13.0. The van der Waals surface area contributed by atoms with Crippen molar-refractivity contribution in [1.82, 2.24) is 5.32 Å². The van der Waals surface area contributed by atoms with Crippen molar-refractivity contribution in [2.24, 2.45) is 0 Å². The number of carbonyl (C=O) groups excluding carboxylic acids is 5. The number of hydrogen-bond donors (Lipinski definition) is 1. The van der Waals surface area contributed by atoms with Crippen molar-refractivity contribution >= 4 is 30.0 Å². The molecule has 1 N–H and O–H groups in total. The third-order valence-electron chi connectivity index (χ3n) is 5.74. The van der Waals surface area contributed by atoms with E-state index in [2.05, 4.69) is 5.32 Å². The van der Waals surface area contributed by atoms with Gasteiger partial charge in [0.15, 0.2) is 35.9 Å². The van der Waals surface area contributed by atoms with Crippen LogP contribution in [0.1, 0.15) is 59.9 Å². The summed E-state index contributed by atoms with van der Waals surface area (Å²) in [6, 6.07) is 3.66. The lowest BCUT2D eigenvalue weighted by atomic mass is 9.72. The molecule has 3 rings (SSSR count). The molecule has 13 heteroatoms. The Balaban J connectivity index is 2.24. The number of hydrogen-bond acceptors (Lipinski definition) is 12. The molecule has 0 spiro atoms. The fourth-order valence-electron chi connectivity index (χ4n) is 4.64. The third kappa shape index (κ3) is 7.52. The zero-order valence-corrected chi connectivity index (χ0v) is 22.8. The second-order valence-electron chi connectivity index (χ2n) is 10.1. The van der Waals surface area contributed by atoms with E-state index in [0.29, 0.717) is 17.1 Å².